The minimum atomic E-state index is -0.982. The molecule has 19 heavy (non-hydrogen) atoms. The van der Waals surface area contributed by atoms with Crippen LogP contribution in [0.3, 0.4) is 0 Å². The van der Waals surface area contributed by atoms with Gasteiger partial charge in [0, 0.05) is 18.0 Å². The lowest BCUT2D eigenvalue weighted by atomic mass is 10.1. The fourth-order valence-electron chi connectivity index (χ4n) is 1.74. The monoisotopic (exact) mass is 257 g/mol. The fourth-order valence-corrected chi connectivity index (χ4v) is 1.74. The van der Waals surface area contributed by atoms with Gasteiger partial charge in [-0.05, 0) is 37.6 Å². The average Bonchev–Trinajstić information content (AvgIpc) is 2.38. The van der Waals surface area contributed by atoms with Gasteiger partial charge in [-0.3, -0.25) is 4.98 Å². The number of aromatic nitrogens is 1. The summed E-state index contributed by atoms with van der Waals surface area (Å²) in [6.07, 6.45) is 3.07. The molecule has 0 saturated carbocycles. The lowest BCUT2D eigenvalue weighted by molar-refractivity contribution is 0.0696. The summed E-state index contributed by atoms with van der Waals surface area (Å²) < 4.78 is 5.62. The summed E-state index contributed by atoms with van der Waals surface area (Å²) in [5, 5.41) is 8.97. The van der Waals surface area contributed by atoms with Crippen LogP contribution in [-0.4, -0.2) is 22.2 Å². The number of hydrogen-bond donors (Lipinski definition) is 1. The molecule has 0 fully saturated rings. The van der Waals surface area contributed by atoms with Gasteiger partial charge in [0.05, 0.1) is 11.7 Å². The maximum atomic E-state index is 10.9. The smallest absolute Gasteiger partial charge is 0.337 e. The Kier molecular flexibility index (Phi) is 3.80. The van der Waals surface area contributed by atoms with Gasteiger partial charge in [-0.1, -0.05) is 12.1 Å². The Balaban J connectivity index is 2.36. The molecule has 1 N–H and O–H groups in total. The van der Waals surface area contributed by atoms with E-state index in [-0.39, 0.29) is 11.7 Å². The van der Waals surface area contributed by atoms with Crippen LogP contribution in [-0.2, 0) is 0 Å². The molecule has 4 heteroatoms. The summed E-state index contributed by atoms with van der Waals surface area (Å²) in [6.45, 7) is 3.92. The molecule has 2 aromatic rings. The summed E-state index contributed by atoms with van der Waals surface area (Å²) in [5.74, 6) is -0.225. The van der Waals surface area contributed by atoms with Crippen molar-refractivity contribution in [2.45, 2.75) is 20.0 Å². The number of nitrogens with zero attached hydrogens (tertiary/aromatic N) is 1. The van der Waals surface area contributed by atoms with Crippen LogP contribution in [0.2, 0.25) is 0 Å². The molecule has 0 unspecified atom stereocenters. The summed E-state index contributed by atoms with van der Waals surface area (Å²) in [5.41, 5.74) is 1.82. The van der Waals surface area contributed by atoms with Crippen molar-refractivity contribution >= 4 is 5.97 Å². The highest BCUT2D eigenvalue weighted by molar-refractivity contribution is 5.88. The second-order valence-corrected chi connectivity index (χ2v) is 4.46. The predicted octanol–water partition coefficient (Wildman–Crippen LogP) is 3.23. The summed E-state index contributed by atoms with van der Waals surface area (Å²) >= 11 is 0. The number of pyridine rings is 1. The fraction of sp³-hybridized carbons (Fsp3) is 0.200. The van der Waals surface area contributed by atoms with Gasteiger partial charge in [-0.25, -0.2) is 4.79 Å². The zero-order valence-electron chi connectivity index (χ0n) is 10.8. The van der Waals surface area contributed by atoms with E-state index < -0.39 is 5.97 Å². The summed E-state index contributed by atoms with van der Waals surface area (Å²) in [4.78, 5) is 14.9. The molecule has 0 spiro atoms. The molecule has 0 bridgehead atoms. The van der Waals surface area contributed by atoms with Gasteiger partial charge >= 0.3 is 5.97 Å². The Labute approximate surface area is 111 Å². The van der Waals surface area contributed by atoms with Crippen molar-refractivity contribution in [3.05, 3.63) is 48.3 Å². The first-order valence-corrected chi connectivity index (χ1v) is 6.01. The molecule has 0 aliphatic carbocycles. The first-order valence-electron chi connectivity index (χ1n) is 6.01. The zero-order chi connectivity index (χ0) is 13.8. The lowest BCUT2D eigenvalue weighted by Crippen LogP contribution is -2.05. The van der Waals surface area contributed by atoms with E-state index in [2.05, 4.69) is 4.98 Å². The van der Waals surface area contributed by atoms with Gasteiger partial charge in [-0.2, -0.15) is 0 Å². The van der Waals surface area contributed by atoms with E-state index in [1.807, 2.05) is 38.1 Å². The number of ether oxygens (including phenoxy) is 1. The van der Waals surface area contributed by atoms with Crippen molar-refractivity contribution in [2.24, 2.45) is 0 Å². The number of aromatic carboxylic acids is 1. The van der Waals surface area contributed by atoms with E-state index in [0.717, 1.165) is 16.9 Å². The normalized spacial score (nSPS) is 10.5. The van der Waals surface area contributed by atoms with Gasteiger partial charge in [0.15, 0.2) is 0 Å². The maximum Gasteiger partial charge on any atom is 0.337 e. The van der Waals surface area contributed by atoms with E-state index in [0.29, 0.717) is 0 Å². The highest BCUT2D eigenvalue weighted by Gasteiger charge is 2.07. The van der Waals surface area contributed by atoms with Crippen LogP contribution in [0.25, 0.3) is 11.1 Å². The first kappa shape index (κ1) is 13.1. The number of rotatable bonds is 4. The van der Waals surface area contributed by atoms with Gasteiger partial charge in [0.25, 0.3) is 0 Å². The molecule has 1 aromatic carbocycles. The standard InChI is InChI=1S/C15H15NO3/c1-10(2)19-14-5-3-4-11(7-14)12-6-13(15(17)18)9-16-8-12/h3-10H,1-2H3,(H,17,18). The quantitative estimate of drug-likeness (QED) is 0.913. The Morgan fingerprint density at radius 2 is 2.00 bits per heavy atom. The lowest BCUT2D eigenvalue weighted by Gasteiger charge is -2.11. The van der Waals surface area contributed by atoms with E-state index in [4.69, 9.17) is 9.84 Å². The zero-order valence-corrected chi connectivity index (χ0v) is 10.8. The molecule has 0 atom stereocenters. The van der Waals surface area contributed by atoms with Crippen molar-refractivity contribution in [1.29, 1.82) is 0 Å². The largest absolute Gasteiger partial charge is 0.491 e. The minimum absolute atomic E-state index is 0.0960. The van der Waals surface area contributed by atoms with Gasteiger partial charge in [-0.15, -0.1) is 0 Å². The molecule has 0 aliphatic heterocycles. The Bertz CT molecular complexity index is 593. The van der Waals surface area contributed by atoms with E-state index in [1.165, 1.54) is 6.20 Å². The van der Waals surface area contributed by atoms with Crippen LogP contribution >= 0.6 is 0 Å². The van der Waals surface area contributed by atoms with Crippen LogP contribution in [0.4, 0.5) is 0 Å². The van der Waals surface area contributed by atoms with Crippen molar-refractivity contribution in [3.63, 3.8) is 0 Å². The molecule has 0 amide bonds. The molecule has 1 aromatic heterocycles. The molecule has 4 nitrogen and oxygen atoms in total. The van der Waals surface area contributed by atoms with Crippen LogP contribution in [0.1, 0.15) is 24.2 Å². The van der Waals surface area contributed by atoms with Gasteiger partial charge < -0.3 is 9.84 Å². The topological polar surface area (TPSA) is 59.4 Å². The molecule has 0 aliphatic rings. The van der Waals surface area contributed by atoms with Crippen LogP contribution < -0.4 is 4.74 Å². The predicted molar refractivity (Wildman–Crippen MR) is 72.4 cm³/mol. The SMILES string of the molecule is CC(C)Oc1cccc(-c2cncc(C(=O)O)c2)c1. The Hall–Kier alpha value is -2.36. The first-order chi connectivity index (χ1) is 9.06. The number of carboxylic acid groups (broad SMARTS) is 1. The van der Waals surface area contributed by atoms with Crippen molar-refractivity contribution < 1.29 is 14.6 Å². The number of hydrogen-bond acceptors (Lipinski definition) is 3. The average molecular weight is 257 g/mol. The van der Waals surface area contributed by atoms with Gasteiger partial charge in [0.2, 0.25) is 0 Å². The van der Waals surface area contributed by atoms with Crippen LogP contribution in [0.5, 0.6) is 5.75 Å². The van der Waals surface area contributed by atoms with Gasteiger partial charge in [0.1, 0.15) is 5.75 Å². The third-order valence-electron chi connectivity index (χ3n) is 2.52. The number of carbonyl (C=O) groups is 1. The molecular weight excluding hydrogens is 242 g/mol. The molecule has 0 radical (unpaired) electrons. The molecule has 0 saturated heterocycles. The highest BCUT2D eigenvalue weighted by atomic mass is 16.5. The van der Waals surface area contributed by atoms with Crippen molar-refractivity contribution in [3.8, 4) is 16.9 Å². The third-order valence-corrected chi connectivity index (χ3v) is 2.52. The van der Waals surface area contributed by atoms with Crippen LogP contribution in [0, 0.1) is 0 Å². The van der Waals surface area contributed by atoms with Crippen molar-refractivity contribution in [1.82, 2.24) is 4.98 Å². The Morgan fingerprint density at radius 1 is 1.21 bits per heavy atom. The van der Waals surface area contributed by atoms with E-state index in [9.17, 15) is 4.79 Å². The number of carboxylic acids is 1. The molecule has 1 heterocycles. The minimum Gasteiger partial charge on any atom is -0.491 e. The van der Waals surface area contributed by atoms with Crippen molar-refractivity contribution in [2.75, 3.05) is 0 Å². The highest BCUT2D eigenvalue weighted by Crippen LogP contribution is 2.24. The summed E-state index contributed by atoms with van der Waals surface area (Å²) in [6, 6.07) is 9.13. The van der Waals surface area contributed by atoms with E-state index in [1.54, 1.807) is 12.3 Å². The second kappa shape index (κ2) is 5.52. The number of benzene rings is 1. The summed E-state index contributed by atoms with van der Waals surface area (Å²) in [7, 11) is 0. The Morgan fingerprint density at radius 3 is 2.68 bits per heavy atom. The second-order valence-electron chi connectivity index (χ2n) is 4.46. The maximum absolute atomic E-state index is 10.9. The van der Waals surface area contributed by atoms with Crippen LogP contribution in [0.15, 0.2) is 42.7 Å². The third kappa shape index (κ3) is 3.31. The molecule has 2 rings (SSSR count). The molecular formula is C15H15NO3. The molecule has 98 valence electrons. The van der Waals surface area contributed by atoms with E-state index >= 15 is 0 Å².